The Morgan fingerprint density at radius 2 is 1.66 bits per heavy atom. The van der Waals surface area contributed by atoms with Crippen molar-refractivity contribution < 1.29 is 4.79 Å². The van der Waals surface area contributed by atoms with Gasteiger partial charge >= 0.3 is 0 Å². The van der Waals surface area contributed by atoms with E-state index >= 15 is 0 Å². The number of aliphatic imine (C=N–C) groups is 1. The molecule has 2 aliphatic heterocycles. The average Bonchev–Trinajstić information content (AvgIpc) is 2.78. The zero-order valence-electron chi connectivity index (χ0n) is 18.8. The summed E-state index contributed by atoms with van der Waals surface area (Å²) in [5.74, 6) is 1.77. The molecule has 3 fully saturated rings. The maximum atomic E-state index is 11.7. The fourth-order valence-corrected chi connectivity index (χ4v) is 5.51. The van der Waals surface area contributed by atoms with Crippen LogP contribution in [0.3, 0.4) is 0 Å². The van der Waals surface area contributed by atoms with E-state index in [1.165, 1.54) is 64.5 Å². The third kappa shape index (κ3) is 6.09. The molecule has 1 saturated carbocycles. The van der Waals surface area contributed by atoms with Gasteiger partial charge in [-0.15, -0.1) is 0 Å². The number of guanidine groups is 1. The molecule has 1 aliphatic carbocycles. The molecular weight excluding hydrogens is 362 g/mol. The fraction of sp³-hybridized carbons (Fsp3) is 0.913. The molecule has 0 bridgehead atoms. The minimum Gasteiger partial charge on any atom is -0.359 e. The summed E-state index contributed by atoms with van der Waals surface area (Å²) in [4.78, 5) is 22.1. The second kappa shape index (κ2) is 11.2. The topological polar surface area (TPSA) is 60.0 Å². The third-order valence-electron chi connectivity index (χ3n) is 7.34. The Balaban J connectivity index is 1.63. The number of likely N-dealkylation sites (tertiary alicyclic amines) is 2. The molecule has 6 nitrogen and oxygen atoms in total. The zero-order chi connectivity index (χ0) is 20.5. The molecular formula is C23H43N5O. The summed E-state index contributed by atoms with van der Waals surface area (Å²) < 4.78 is 0. The molecule has 3 rings (SSSR count). The number of hydrogen-bond donors (Lipinski definition) is 2. The molecule has 0 unspecified atom stereocenters. The van der Waals surface area contributed by atoms with E-state index in [9.17, 15) is 4.79 Å². The SMILES string of the molecule is CCNC(=NCC1(N2CCCCC2)CCCCC1)N1CCC(CC(=O)NC)CC1. The Morgan fingerprint density at radius 3 is 2.28 bits per heavy atom. The molecule has 2 N–H and O–H groups in total. The zero-order valence-corrected chi connectivity index (χ0v) is 18.8. The maximum Gasteiger partial charge on any atom is 0.220 e. The molecule has 0 atom stereocenters. The second-order valence-electron chi connectivity index (χ2n) is 9.31. The Kier molecular flexibility index (Phi) is 8.64. The van der Waals surface area contributed by atoms with Crippen molar-refractivity contribution in [2.24, 2.45) is 10.9 Å². The molecule has 3 aliphatic rings. The minimum absolute atomic E-state index is 0.171. The van der Waals surface area contributed by atoms with Gasteiger partial charge in [0, 0.05) is 38.6 Å². The quantitative estimate of drug-likeness (QED) is 0.527. The van der Waals surface area contributed by atoms with Crippen molar-refractivity contribution in [3.8, 4) is 0 Å². The van der Waals surface area contributed by atoms with Gasteiger partial charge < -0.3 is 15.5 Å². The molecule has 1 amide bonds. The van der Waals surface area contributed by atoms with Crippen molar-refractivity contribution in [1.29, 1.82) is 0 Å². The summed E-state index contributed by atoms with van der Waals surface area (Å²) in [5, 5.41) is 6.32. The van der Waals surface area contributed by atoms with E-state index in [4.69, 9.17) is 4.99 Å². The van der Waals surface area contributed by atoms with Crippen LogP contribution in [0.5, 0.6) is 0 Å². The summed E-state index contributed by atoms with van der Waals surface area (Å²) in [5.41, 5.74) is 0.289. The molecule has 0 radical (unpaired) electrons. The van der Waals surface area contributed by atoms with Crippen LogP contribution in [0.4, 0.5) is 0 Å². The van der Waals surface area contributed by atoms with Gasteiger partial charge in [-0.3, -0.25) is 14.7 Å². The number of amides is 1. The van der Waals surface area contributed by atoms with Gasteiger partial charge in [0.2, 0.25) is 5.91 Å². The van der Waals surface area contributed by atoms with Crippen LogP contribution in [0.2, 0.25) is 0 Å². The lowest BCUT2D eigenvalue weighted by molar-refractivity contribution is -0.121. The van der Waals surface area contributed by atoms with Gasteiger partial charge in [0.1, 0.15) is 0 Å². The van der Waals surface area contributed by atoms with E-state index in [1.807, 2.05) is 0 Å². The number of carbonyl (C=O) groups is 1. The van der Waals surface area contributed by atoms with Crippen LogP contribution in [-0.2, 0) is 4.79 Å². The molecule has 2 heterocycles. The van der Waals surface area contributed by atoms with Gasteiger partial charge in [-0.1, -0.05) is 25.7 Å². The van der Waals surface area contributed by atoms with Crippen molar-refractivity contribution >= 4 is 11.9 Å². The maximum absolute atomic E-state index is 11.7. The van der Waals surface area contributed by atoms with Gasteiger partial charge in [0.15, 0.2) is 5.96 Å². The minimum atomic E-state index is 0.171. The molecule has 0 aromatic rings. The summed E-state index contributed by atoms with van der Waals surface area (Å²) in [6.45, 7) is 8.54. The number of nitrogens with zero attached hydrogens (tertiary/aromatic N) is 3. The van der Waals surface area contributed by atoms with E-state index in [1.54, 1.807) is 7.05 Å². The lowest BCUT2D eigenvalue weighted by atomic mass is 9.79. The van der Waals surface area contributed by atoms with Crippen LogP contribution in [0, 0.1) is 5.92 Å². The van der Waals surface area contributed by atoms with Crippen LogP contribution in [0.15, 0.2) is 4.99 Å². The Hall–Kier alpha value is -1.30. The number of piperidine rings is 2. The molecule has 166 valence electrons. The normalized spacial score (nSPS) is 24.3. The van der Waals surface area contributed by atoms with E-state index in [-0.39, 0.29) is 11.4 Å². The lowest BCUT2D eigenvalue weighted by Gasteiger charge is -2.47. The van der Waals surface area contributed by atoms with E-state index in [2.05, 4.69) is 27.4 Å². The summed E-state index contributed by atoms with van der Waals surface area (Å²) in [6, 6.07) is 0. The Bertz CT molecular complexity index is 529. The summed E-state index contributed by atoms with van der Waals surface area (Å²) >= 11 is 0. The standard InChI is InChI=1S/C23H43N5O/c1-3-25-22(27-16-10-20(11-17-27)18-21(29)24-2)26-19-23(12-6-4-7-13-23)28-14-8-5-9-15-28/h20H,3-19H2,1-2H3,(H,24,29)(H,25,26). The van der Waals surface area contributed by atoms with Crippen LogP contribution < -0.4 is 10.6 Å². The first-order chi connectivity index (χ1) is 14.2. The van der Waals surface area contributed by atoms with Crippen molar-refractivity contribution in [1.82, 2.24) is 20.4 Å². The molecule has 0 aromatic heterocycles. The predicted octanol–water partition coefficient (Wildman–Crippen LogP) is 2.99. The average molecular weight is 406 g/mol. The van der Waals surface area contributed by atoms with Gasteiger partial charge in [-0.05, 0) is 64.5 Å². The van der Waals surface area contributed by atoms with E-state index in [0.717, 1.165) is 45.0 Å². The van der Waals surface area contributed by atoms with Crippen LogP contribution in [0.25, 0.3) is 0 Å². The summed E-state index contributed by atoms with van der Waals surface area (Å²) in [7, 11) is 1.73. The number of rotatable bonds is 6. The van der Waals surface area contributed by atoms with Crippen LogP contribution in [0.1, 0.15) is 77.6 Å². The van der Waals surface area contributed by atoms with Gasteiger partial charge in [-0.25, -0.2) is 0 Å². The van der Waals surface area contributed by atoms with E-state index in [0.29, 0.717) is 12.3 Å². The number of carbonyl (C=O) groups excluding carboxylic acids is 1. The van der Waals surface area contributed by atoms with Gasteiger partial charge in [0.25, 0.3) is 0 Å². The second-order valence-corrected chi connectivity index (χ2v) is 9.31. The lowest BCUT2D eigenvalue weighted by Crippen LogP contribution is -2.55. The van der Waals surface area contributed by atoms with Crippen molar-refractivity contribution in [2.45, 2.75) is 83.1 Å². The first-order valence-electron chi connectivity index (χ1n) is 12.2. The molecule has 0 spiro atoms. The number of nitrogens with one attached hydrogen (secondary N) is 2. The molecule has 2 saturated heterocycles. The first-order valence-corrected chi connectivity index (χ1v) is 12.2. The highest BCUT2D eigenvalue weighted by Gasteiger charge is 2.38. The Morgan fingerprint density at radius 1 is 1.00 bits per heavy atom. The molecule has 0 aromatic carbocycles. The third-order valence-corrected chi connectivity index (χ3v) is 7.34. The van der Waals surface area contributed by atoms with Gasteiger partial charge in [0.05, 0.1) is 6.54 Å². The smallest absolute Gasteiger partial charge is 0.220 e. The predicted molar refractivity (Wildman–Crippen MR) is 120 cm³/mol. The van der Waals surface area contributed by atoms with Crippen LogP contribution in [-0.4, -0.2) is 73.5 Å². The van der Waals surface area contributed by atoms with Gasteiger partial charge in [-0.2, -0.15) is 0 Å². The highest BCUT2D eigenvalue weighted by atomic mass is 16.1. The highest BCUT2D eigenvalue weighted by molar-refractivity contribution is 5.80. The molecule has 29 heavy (non-hydrogen) atoms. The Labute approximate surface area is 177 Å². The summed E-state index contributed by atoms with van der Waals surface area (Å²) in [6.07, 6.45) is 13.6. The van der Waals surface area contributed by atoms with E-state index < -0.39 is 0 Å². The first kappa shape index (κ1) is 22.4. The highest BCUT2D eigenvalue weighted by Crippen LogP contribution is 2.36. The van der Waals surface area contributed by atoms with Crippen molar-refractivity contribution in [2.75, 3.05) is 46.3 Å². The van der Waals surface area contributed by atoms with Crippen LogP contribution >= 0.6 is 0 Å². The number of hydrogen-bond acceptors (Lipinski definition) is 3. The van der Waals surface area contributed by atoms with Crippen molar-refractivity contribution in [3.63, 3.8) is 0 Å². The monoisotopic (exact) mass is 405 g/mol. The molecule has 6 heteroatoms. The largest absolute Gasteiger partial charge is 0.359 e. The fourth-order valence-electron chi connectivity index (χ4n) is 5.51. The van der Waals surface area contributed by atoms with Crippen molar-refractivity contribution in [3.05, 3.63) is 0 Å².